The number of sulfonamides is 1. The summed E-state index contributed by atoms with van der Waals surface area (Å²) >= 11 is 0. The Hall–Kier alpha value is -1.47. The molecule has 0 bridgehead atoms. The lowest BCUT2D eigenvalue weighted by molar-refractivity contribution is -0.387. The van der Waals surface area contributed by atoms with Crippen molar-refractivity contribution < 1.29 is 13.3 Å². The highest BCUT2D eigenvalue weighted by molar-refractivity contribution is 7.89. The fourth-order valence-corrected chi connectivity index (χ4v) is 2.84. The smallest absolute Gasteiger partial charge is 0.258 e. The molecule has 0 saturated heterocycles. The van der Waals surface area contributed by atoms with E-state index in [1.165, 1.54) is 24.3 Å². The number of benzene rings is 1. The standard InChI is InChI=1S/C11H16N2O4S/c1-8(2)9(3)12-18(16,17)11-7-5-4-6-10(11)13(14)15/h4-9,12H,1-3H3. The summed E-state index contributed by atoms with van der Waals surface area (Å²) in [6.07, 6.45) is 0. The summed E-state index contributed by atoms with van der Waals surface area (Å²) in [6, 6.07) is 5.00. The average molecular weight is 272 g/mol. The lowest BCUT2D eigenvalue weighted by Gasteiger charge is -2.17. The maximum Gasteiger partial charge on any atom is 0.289 e. The number of nitro groups is 1. The van der Waals surface area contributed by atoms with Gasteiger partial charge in [-0.25, -0.2) is 13.1 Å². The number of nitrogens with zero attached hydrogens (tertiary/aromatic N) is 1. The van der Waals surface area contributed by atoms with Gasteiger partial charge in [-0.1, -0.05) is 26.0 Å². The largest absolute Gasteiger partial charge is 0.289 e. The molecule has 1 rings (SSSR count). The first-order valence-corrected chi connectivity index (χ1v) is 6.99. The molecular formula is C11H16N2O4S. The number of nitrogens with one attached hydrogen (secondary N) is 1. The van der Waals surface area contributed by atoms with Crippen LogP contribution in [0, 0.1) is 16.0 Å². The summed E-state index contributed by atoms with van der Waals surface area (Å²) in [5, 5.41) is 10.8. The van der Waals surface area contributed by atoms with Gasteiger partial charge in [0.05, 0.1) is 4.92 Å². The summed E-state index contributed by atoms with van der Waals surface area (Å²) < 4.78 is 26.5. The fraction of sp³-hybridized carbons (Fsp3) is 0.455. The third-order valence-corrected chi connectivity index (χ3v) is 4.30. The van der Waals surface area contributed by atoms with Crippen LogP contribution < -0.4 is 4.72 Å². The normalized spacial score (nSPS) is 13.6. The molecule has 0 amide bonds. The van der Waals surface area contributed by atoms with Crippen LogP contribution in [0.3, 0.4) is 0 Å². The van der Waals surface area contributed by atoms with E-state index in [0.717, 1.165) is 0 Å². The minimum absolute atomic E-state index is 0.0996. The molecule has 1 aromatic carbocycles. The Morgan fingerprint density at radius 2 is 1.78 bits per heavy atom. The molecule has 0 aliphatic carbocycles. The molecule has 0 radical (unpaired) electrons. The maximum atomic E-state index is 12.1. The summed E-state index contributed by atoms with van der Waals surface area (Å²) in [5.74, 6) is 0.0996. The Balaban J connectivity index is 3.17. The van der Waals surface area contributed by atoms with E-state index in [4.69, 9.17) is 0 Å². The molecule has 6 nitrogen and oxygen atoms in total. The fourth-order valence-electron chi connectivity index (χ4n) is 1.28. The molecule has 0 spiro atoms. The van der Waals surface area contributed by atoms with Crippen LogP contribution in [0.25, 0.3) is 0 Å². The predicted molar refractivity (Wildman–Crippen MR) is 67.7 cm³/mol. The van der Waals surface area contributed by atoms with Gasteiger partial charge in [0, 0.05) is 12.1 Å². The van der Waals surface area contributed by atoms with Crippen LogP contribution in [-0.4, -0.2) is 19.4 Å². The van der Waals surface area contributed by atoms with Gasteiger partial charge in [0.2, 0.25) is 10.0 Å². The molecule has 0 saturated carbocycles. The van der Waals surface area contributed by atoms with Crippen LogP contribution in [0.1, 0.15) is 20.8 Å². The summed E-state index contributed by atoms with van der Waals surface area (Å²) in [7, 11) is -3.87. The van der Waals surface area contributed by atoms with Crippen molar-refractivity contribution >= 4 is 15.7 Å². The lowest BCUT2D eigenvalue weighted by atomic mass is 10.1. The third kappa shape index (κ3) is 3.27. The highest BCUT2D eigenvalue weighted by Crippen LogP contribution is 2.23. The van der Waals surface area contributed by atoms with Gasteiger partial charge in [0.15, 0.2) is 4.90 Å². The molecule has 0 fully saturated rings. The van der Waals surface area contributed by atoms with E-state index in [1.54, 1.807) is 6.92 Å². The topological polar surface area (TPSA) is 89.3 Å². The van der Waals surface area contributed by atoms with Crippen molar-refractivity contribution in [3.8, 4) is 0 Å². The summed E-state index contributed by atoms with van der Waals surface area (Å²) in [6.45, 7) is 5.45. The van der Waals surface area contributed by atoms with Gasteiger partial charge >= 0.3 is 0 Å². The van der Waals surface area contributed by atoms with E-state index in [1.807, 2.05) is 13.8 Å². The molecule has 1 atom stereocenters. The minimum atomic E-state index is -3.87. The molecule has 7 heteroatoms. The van der Waals surface area contributed by atoms with Gasteiger partial charge in [-0.05, 0) is 18.9 Å². The number of nitro benzene ring substituents is 1. The van der Waals surface area contributed by atoms with Crippen LogP contribution in [0.4, 0.5) is 5.69 Å². The van der Waals surface area contributed by atoms with Crippen LogP contribution >= 0.6 is 0 Å². The Bertz CT molecular complexity index is 540. The summed E-state index contributed by atoms with van der Waals surface area (Å²) in [5.41, 5.74) is -0.416. The van der Waals surface area contributed by atoms with Gasteiger partial charge in [-0.15, -0.1) is 0 Å². The number of hydrogen-bond acceptors (Lipinski definition) is 4. The Kier molecular flexibility index (Phi) is 4.42. The van der Waals surface area contributed by atoms with Gasteiger partial charge in [-0.3, -0.25) is 10.1 Å². The minimum Gasteiger partial charge on any atom is -0.258 e. The molecule has 0 heterocycles. The van der Waals surface area contributed by atoms with Crippen molar-refractivity contribution in [3.63, 3.8) is 0 Å². The monoisotopic (exact) mass is 272 g/mol. The average Bonchev–Trinajstić information content (AvgIpc) is 2.28. The number of hydrogen-bond donors (Lipinski definition) is 1. The maximum absolute atomic E-state index is 12.1. The summed E-state index contributed by atoms with van der Waals surface area (Å²) in [4.78, 5) is 9.80. The molecule has 1 N–H and O–H groups in total. The number of rotatable bonds is 5. The van der Waals surface area contributed by atoms with Crippen LogP contribution in [0.2, 0.25) is 0 Å². The van der Waals surface area contributed by atoms with Crippen molar-refractivity contribution in [1.29, 1.82) is 0 Å². The molecular weight excluding hydrogens is 256 g/mol. The van der Waals surface area contributed by atoms with Crippen LogP contribution in [-0.2, 0) is 10.0 Å². The van der Waals surface area contributed by atoms with E-state index < -0.39 is 20.6 Å². The first-order valence-electron chi connectivity index (χ1n) is 5.51. The van der Waals surface area contributed by atoms with Crippen LogP contribution in [0.5, 0.6) is 0 Å². The SMILES string of the molecule is CC(C)C(C)NS(=O)(=O)c1ccccc1[N+](=O)[O-]. The van der Waals surface area contributed by atoms with Crippen molar-refractivity contribution in [3.05, 3.63) is 34.4 Å². The van der Waals surface area contributed by atoms with Gasteiger partial charge in [0.25, 0.3) is 5.69 Å². The Labute approximate surface area is 106 Å². The highest BCUT2D eigenvalue weighted by atomic mass is 32.2. The Morgan fingerprint density at radius 1 is 1.22 bits per heavy atom. The second-order valence-electron chi connectivity index (χ2n) is 4.38. The molecule has 0 aliphatic rings. The van der Waals surface area contributed by atoms with Gasteiger partial charge in [0.1, 0.15) is 0 Å². The zero-order valence-electron chi connectivity index (χ0n) is 10.5. The zero-order chi connectivity index (χ0) is 13.9. The van der Waals surface area contributed by atoms with E-state index in [9.17, 15) is 18.5 Å². The van der Waals surface area contributed by atoms with Crippen molar-refractivity contribution in [2.45, 2.75) is 31.7 Å². The second-order valence-corrected chi connectivity index (χ2v) is 6.06. The lowest BCUT2D eigenvalue weighted by Crippen LogP contribution is -2.36. The van der Waals surface area contributed by atoms with Gasteiger partial charge in [-0.2, -0.15) is 0 Å². The molecule has 1 aromatic rings. The molecule has 100 valence electrons. The predicted octanol–water partition coefficient (Wildman–Crippen LogP) is 1.92. The first-order chi connectivity index (χ1) is 8.25. The van der Waals surface area contributed by atoms with Crippen LogP contribution in [0.15, 0.2) is 29.2 Å². The molecule has 1 unspecified atom stereocenters. The molecule has 18 heavy (non-hydrogen) atoms. The Morgan fingerprint density at radius 3 is 2.28 bits per heavy atom. The zero-order valence-corrected chi connectivity index (χ0v) is 11.3. The molecule has 0 aromatic heterocycles. The highest BCUT2D eigenvalue weighted by Gasteiger charge is 2.26. The van der Waals surface area contributed by atoms with E-state index in [2.05, 4.69) is 4.72 Å². The first kappa shape index (κ1) is 14.6. The second kappa shape index (κ2) is 5.45. The van der Waals surface area contributed by atoms with E-state index >= 15 is 0 Å². The number of para-hydroxylation sites is 1. The van der Waals surface area contributed by atoms with Crippen molar-refractivity contribution in [2.75, 3.05) is 0 Å². The molecule has 0 aliphatic heterocycles. The quantitative estimate of drug-likeness (QED) is 0.655. The van der Waals surface area contributed by atoms with E-state index in [0.29, 0.717) is 0 Å². The van der Waals surface area contributed by atoms with Crippen molar-refractivity contribution in [1.82, 2.24) is 4.72 Å². The van der Waals surface area contributed by atoms with E-state index in [-0.39, 0.29) is 16.9 Å². The third-order valence-electron chi connectivity index (χ3n) is 2.69. The van der Waals surface area contributed by atoms with Crippen molar-refractivity contribution in [2.24, 2.45) is 5.92 Å². The van der Waals surface area contributed by atoms with Gasteiger partial charge < -0.3 is 0 Å².